The van der Waals surface area contributed by atoms with Crippen molar-refractivity contribution in [2.45, 2.75) is 0 Å². The first-order valence-electron chi connectivity index (χ1n) is 3.62. The van der Waals surface area contributed by atoms with Gasteiger partial charge in [0.25, 0.3) is 0 Å². The number of fused-ring (bicyclic) bond motifs is 1. The number of hydrogen-bond acceptors (Lipinski definition) is 1. The molecule has 0 saturated carbocycles. The van der Waals surface area contributed by atoms with Crippen LogP contribution in [0.1, 0.15) is 5.56 Å². The first-order chi connectivity index (χ1) is 5.90. The van der Waals surface area contributed by atoms with Gasteiger partial charge in [0.05, 0.1) is 11.6 Å². The van der Waals surface area contributed by atoms with Crippen LogP contribution in [0.2, 0.25) is 0 Å². The van der Waals surface area contributed by atoms with Crippen LogP contribution >= 0.6 is 0 Å². The van der Waals surface area contributed by atoms with E-state index in [4.69, 9.17) is 5.26 Å². The predicted molar refractivity (Wildman–Crippen MR) is 46.4 cm³/mol. The molecule has 0 atom stereocenters. The van der Waals surface area contributed by atoms with E-state index in [0.29, 0.717) is 5.56 Å². The molecule has 1 aliphatic carbocycles. The van der Waals surface area contributed by atoms with Crippen LogP contribution < -0.4 is 10.4 Å². The van der Waals surface area contributed by atoms with E-state index in [0.717, 1.165) is 10.4 Å². The molecule has 0 heterocycles. The lowest BCUT2D eigenvalue weighted by atomic mass is 10.1. The number of hydrogen-bond donors (Lipinski definition) is 0. The molecule has 0 N–H and O–H groups in total. The summed E-state index contributed by atoms with van der Waals surface area (Å²) in [6.45, 7) is 0. The molecule has 0 radical (unpaired) electrons. The van der Waals surface area contributed by atoms with Crippen LogP contribution in [0.4, 0.5) is 0 Å². The molecule has 0 amide bonds. The summed E-state index contributed by atoms with van der Waals surface area (Å²) in [5.74, 6) is 0. The molecule has 0 aliphatic heterocycles. The van der Waals surface area contributed by atoms with Crippen LogP contribution in [0.15, 0.2) is 30.4 Å². The summed E-state index contributed by atoms with van der Waals surface area (Å²) in [5.41, 5.74) is 6.77. The third kappa shape index (κ3) is 0.983. The Labute approximate surface area is 69.9 Å². The molecule has 1 nitrogen and oxygen atoms in total. The summed E-state index contributed by atoms with van der Waals surface area (Å²) < 4.78 is 0. The number of allylic oxidation sites excluding steroid dienone is 2. The van der Waals surface area contributed by atoms with Crippen molar-refractivity contribution in [3.05, 3.63) is 46.4 Å². The fraction of sp³-hybridized carbons (Fsp3) is 0. The van der Waals surface area contributed by atoms with Crippen molar-refractivity contribution < 1.29 is 0 Å². The Balaban J connectivity index is 2.96. The molecule has 2 rings (SSSR count). The van der Waals surface area contributed by atoms with E-state index in [9.17, 15) is 0 Å². The second kappa shape index (κ2) is 2.57. The Morgan fingerprint density at radius 3 is 2.58 bits per heavy atom. The van der Waals surface area contributed by atoms with E-state index >= 15 is 0 Å². The second-order valence-electron chi connectivity index (χ2n) is 2.49. The Kier molecular flexibility index (Phi) is 1.43. The number of nitriles is 1. The van der Waals surface area contributed by atoms with Gasteiger partial charge >= 0.3 is 0 Å². The topological polar surface area (TPSA) is 23.8 Å². The second-order valence-corrected chi connectivity index (χ2v) is 2.49. The molecule has 1 heteroatoms. The molecule has 0 bridgehead atoms. The van der Waals surface area contributed by atoms with Crippen molar-refractivity contribution in [1.82, 2.24) is 0 Å². The Hall–Kier alpha value is -1.99. The molecule has 0 unspecified atom stereocenters. The summed E-state index contributed by atoms with van der Waals surface area (Å²) in [7, 11) is 0. The summed E-state index contributed by atoms with van der Waals surface area (Å²) >= 11 is 0. The van der Waals surface area contributed by atoms with Gasteiger partial charge in [0.15, 0.2) is 0 Å². The number of benzene rings is 1. The maximum Gasteiger partial charge on any atom is 0.0992 e. The third-order valence-corrected chi connectivity index (χ3v) is 1.71. The summed E-state index contributed by atoms with van der Waals surface area (Å²) in [4.78, 5) is 0. The van der Waals surface area contributed by atoms with Gasteiger partial charge in [0, 0.05) is 10.4 Å². The molecule has 1 aromatic rings. The Morgan fingerprint density at radius 1 is 1.08 bits per heavy atom. The van der Waals surface area contributed by atoms with Gasteiger partial charge in [-0.15, -0.1) is 11.5 Å². The number of nitrogens with zero attached hydrogens (tertiary/aromatic N) is 1. The molecule has 0 saturated heterocycles. The molecule has 0 aromatic heterocycles. The maximum absolute atomic E-state index is 8.62. The van der Waals surface area contributed by atoms with Crippen LogP contribution in [0.5, 0.6) is 0 Å². The average molecular weight is 151 g/mol. The lowest BCUT2D eigenvalue weighted by Crippen LogP contribution is -2.23. The molecular weight excluding hydrogens is 146 g/mol. The van der Waals surface area contributed by atoms with E-state index in [1.54, 1.807) is 12.1 Å². The summed E-state index contributed by atoms with van der Waals surface area (Å²) in [6, 6.07) is 7.56. The van der Waals surface area contributed by atoms with Gasteiger partial charge < -0.3 is 0 Å². The van der Waals surface area contributed by atoms with Crippen molar-refractivity contribution >= 4 is 11.5 Å². The fourth-order valence-electron chi connectivity index (χ4n) is 1.12. The zero-order chi connectivity index (χ0) is 8.39. The van der Waals surface area contributed by atoms with Crippen LogP contribution in [0.3, 0.4) is 0 Å². The predicted octanol–water partition coefficient (Wildman–Crippen LogP) is 0.443. The van der Waals surface area contributed by atoms with Gasteiger partial charge in [0.2, 0.25) is 0 Å². The SMILES string of the molecule is N#Cc1ccc2c(c1)=C=CC=C=2. The quantitative estimate of drug-likeness (QED) is 0.528. The zero-order valence-corrected chi connectivity index (χ0v) is 6.33. The summed E-state index contributed by atoms with van der Waals surface area (Å²) in [6.07, 6.45) is 3.61. The first kappa shape index (κ1) is 6.70. The maximum atomic E-state index is 8.62. The molecule has 0 spiro atoms. The number of rotatable bonds is 0. The lowest BCUT2D eigenvalue weighted by Gasteiger charge is -1.88. The molecule has 1 aromatic carbocycles. The van der Waals surface area contributed by atoms with E-state index in [-0.39, 0.29) is 0 Å². The normalized spacial score (nSPS) is 10.9. The fourth-order valence-corrected chi connectivity index (χ4v) is 1.12. The monoisotopic (exact) mass is 151 g/mol. The van der Waals surface area contributed by atoms with E-state index in [2.05, 4.69) is 17.5 Å². The minimum atomic E-state index is 0.665. The molecule has 0 fully saturated rings. The largest absolute Gasteiger partial charge is 0.192 e. The summed E-state index contributed by atoms with van der Waals surface area (Å²) in [5, 5.41) is 10.6. The smallest absolute Gasteiger partial charge is 0.0992 e. The van der Waals surface area contributed by atoms with E-state index < -0.39 is 0 Å². The molecule has 54 valence electrons. The van der Waals surface area contributed by atoms with Crippen molar-refractivity contribution in [2.75, 3.05) is 0 Å². The highest BCUT2D eigenvalue weighted by atomic mass is 14.2. The van der Waals surface area contributed by atoms with Gasteiger partial charge in [-0.1, -0.05) is 0 Å². The third-order valence-electron chi connectivity index (χ3n) is 1.71. The zero-order valence-electron chi connectivity index (χ0n) is 6.33. The van der Waals surface area contributed by atoms with Crippen LogP contribution in [0, 0.1) is 11.3 Å². The van der Waals surface area contributed by atoms with E-state index in [1.165, 1.54) is 0 Å². The van der Waals surface area contributed by atoms with Gasteiger partial charge in [-0.2, -0.15) is 5.26 Å². The average Bonchev–Trinajstić information content (AvgIpc) is 2.17. The standard InChI is InChI=1S/C11H5N/c12-8-9-5-6-10-3-1-2-4-11(10)7-9/h1-2,5-7H. The van der Waals surface area contributed by atoms with Crippen molar-refractivity contribution in [2.24, 2.45) is 0 Å². The Bertz CT molecular complexity index is 546. The van der Waals surface area contributed by atoms with Gasteiger partial charge in [-0.05, 0) is 30.4 Å². The highest BCUT2D eigenvalue weighted by Crippen LogP contribution is 1.87. The highest BCUT2D eigenvalue weighted by Gasteiger charge is 1.89. The molecular formula is C11H5N. The highest BCUT2D eigenvalue weighted by molar-refractivity contribution is 5.43. The van der Waals surface area contributed by atoms with Crippen molar-refractivity contribution in [1.29, 1.82) is 5.26 Å². The van der Waals surface area contributed by atoms with Crippen LogP contribution in [-0.4, -0.2) is 0 Å². The van der Waals surface area contributed by atoms with E-state index in [1.807, 2.05) is 18.2 Å². The minimum absolute atomic E-state index is 0.665. The lowest BCUT2D eigenvalue weighted by molar-refractivity contribution is 1.44. The van der Waals surface area contributed by atoms with Gasteiger partial charge in [-0.25, -0.2) is 0 Å². The van der Waals surface area contributed by atoms with Gasteiger partial charge in [0.1, 0.15) is 0 Å². The molecule has 1 aliphatic rings. The van der Waals surface area contributed by atoms with Crippen LogP contribution in [-0.2, 0) is 0 Å². The first-order valence-corrected chi connectivity index (χ1v) is 3.62. The van der Waals surface area contributed by atoms with Crippen molar-refractivity contribution in [3.63, 3.8) is 0 Å². The molecule has 12 heavy (non-hydrogen) atoms. The van der Waals surface area contributed by atoms with Crippen molar-refractivity contribution in [3.8, 4) is 6.07 Å². The minimum Gasteiger partial charge on any atom is -0.192 e. The van der Waals surface area contributed by atoms with Gasteiger partial charge in [-0.3, -0.25) is 0 Å². The van der Waals surface area contributed by atoms with Crippen LogP contribution in [0.25, 0.3) is 11.5 Å². The Morgan fingerprint density at radius 2 is 1.83 bits per heavy atom.